The van der Waals surface area contributed by atoms with Crippen molar-refractivity contribution in [2.75, 3.05) is 19.6 Å². The third-order valence-corrected chi connectivity index (χ3v) is 6.16. The molecule has 2 aliphatic rings. The number of fused-ring (bicyclic) bond motifs is 1. The molecule has 2 aliphatic heterocycles. The highest BCUT2D eigenvalue weighted by Crippen LogP contribution is 2.35. The smallest absolute Gasteiger partial charge is 0.227 e. The Morgan fingerprint density at radius 2 is 1.81 bits per heavy atom. The molecule has 1 atom stereocenters. The van der Waals surface area contributed by atoms with Crippen molar-refractivity contribution >= 4 is 29.1 Å². The van der Waals surface area contributed by atoms with Crippen molar-refractivity contribution in [2.45, 2.75) is 31.8 Å². The number of hydrogen-bond acceptors (Lipinski definition) is 2. The lowest BCUT2D eigenvalue weighted by Crippen LogP contribution is -2.37. The standard InChI is InChI=1S/C21H22Cl2N2O/c22-18-8-7-15(11-19(18)23)12-21(26)25-13-16-5-1-2-6-17(16)20(25)14-24-9-3-4-10-24/h1-2,5-8,11,20H,3-4,9-10,12-14H2. The molecule has 2 aromatic carbocycles. The summed E-state index contributed by atoms with van der Waals surface area (Å²) >= 11 is 12.1. The number of benzene rings is 2. The first-order valence-corrected chi connectivity index (χ1v) is 9.91. The Labute approximate surface area is 164 Å². The van der Waals surface area contributed by atoms with Crippen LogP contribution in [0.5, 0.6) is 0 Å². The highest BCUT2D eigenvalue weighted by Gasteiger charge is 2.34. The van der Waals surface area contributed by atoms with Gasteiger partial charge in [-0.15, -0.1) is 0 Å². The lowest BCUT2D eigenvalue weighted by atomic mass is 10.0. The van der Waals surface area contributed by atoms with Gasteiger partial charge in [-0.3, -0.25) is 4.79 Å². The third-order valence-electron chi connectivity index (χ3n) is 5.42. The van der Waals surface area contributed by atoms with E-state index in [2.05, 4.69) is 29.2 Å². The molecule has 4 rings (SSSR count). The van der Waals surface area contributed by atoms with Crippen molar-refractivity contribution < 1.29 is 4.79 Å². The Hall–Kier alpha value is -1.55. The van der Waals surface area contributed by atoms with Gasteiger partial charge in [-0.05, 0) is 54.8 Å². The number of nitrogens with zero attached hydrogens (tertiary/aromatic N) is 2. The molecule has 0 bridgehead atoms. The molecule has 0 spiro atoms. The second-order valence-corrected chi connectivity index (χ2v) is 7.98. The number of hydrogen-bond donors (Lipinski definition) is 0. The Morgan fingerprint density at radius 1 is 1.04 bits per heavy atom. The molecule has 1 amide bonds. The molecule has 3 nitrogen and oxygen atoms in total. The van der Waals surface area contributed by atoms with E-state index >= 15 is 0 Å². The SMILES string of the molecule is O=C(Cc1ccc(Cl)c(Cl)c1)N1Cc2ccccc2C1CN1CCCC1. The number of likely N-dealkylation sites (tertiary alicyclic amines) is 1. The molecule has 0 saturated carbocycles. The zero-order valence-corrected chi connectivity index (χ0v) is 16.1. The predicted octanol–water partition coefficient (Wildman–Crippen LogP) is 4.72. The van der Waals surface area contributed by atoms with Crippen LogP contribution in [0.15, 0.2) is 42.5 Å². The summed E-state index contributed by atoms with van der Waals surface area (Å²) in [6.07, 6.45) is 2.86. The molecular weight excluding hydrogens is 367 g/mol. The normalized spacial score (nSPS) is 19.8. The highest BCUT2D eigenvalue weighted by molar-refractivity contribution is 6.42. The first kappa shape index (κ1) is 17.8. The van der Waals surface area contributed by atoms with Gasteiger partial charge in [0.1, 0.15) is 0 Å². The summed E-state index contributed by atoms with van der Waals surface area (Å²) in [4.78, 5) is 17.6. The predicted molar refractivity (Wildman–Crippen MR) is 106 cm³/mol. The molecule has 1 fully saturated rings. The zero-order valence-electron chi connectivity index (χ0n) is 14.6. The average molecular weight is 389 g/mol. The molecule has 1 saturated heterocycles. The molecule has 136 valence electrons. The van der Waals surface area contributed by atoms with Gasteiger partial charge in [0.15, 0.2) is 0 Å². The highest BCUT2D eigenvalue weighted by atomic mass is 35.5. The number of halogens is 2. The van der Waals surface area contributed by atoms with Gasteiger partial charge in [-0.2, -0.15) is 0 Å². The first-order chi connectivity index (χ1) is 12.6. The monoisotopic (exact) mass is 388 g/mol. The molecule has 0 radical (unpaired) electrons. The summed E-state index contributed by atoms with van der Waals surface area (Å²) < 4.78 is 0. The van der Waals surface area contributed by atoms with Gasteiger partial charge in [-0.25, -0.2) is 0 Å². The van der Waals surface area contributed by atoms with Crippen LogP contribution in [0.2, 0.25) is 10.0 Å². The molecule has 0 N–H and O–H groups in total. The van der Waals surface area contributed by atoms with Crippen LogP contribution in [0.1, 0.15) is 35.6 Å². The number of carbonyl (C=O) groups excluding carboxylic acids is 1. The van der Waals surface area contributed by atoms with Crippen LogP contribution < -0.4 is 0 Å². The fraction of sp³-hybridized carbons (Fsp3) is 0.381. The molecule has 2 aromatic rings. The van der Waals surface area contributed by atoms with Crippen LogP contribution >= 0.6 is 23.2 Å². The largest absolute Gasteiger partial charge is 0.330 e. The van der Waals surface area contributed by atoms with Gasteiger partial charge >= 0.3 is 0 Å². The summed E-state index contributed by atoms with van der Waals surface area (Å²) in [6.45, 7) is 3.87. The Balaban J connectivity index is 1.55. The third kappa shape index (κ3) is 3.62. The van der Waals surface area contributed by atoms with E-state index in [9.17, 15) is 4.79 Å². The molecule has 0 aliphatic carbocycles. The fourth-order valence-electron chi connectivity index (χ4n) is 4.06. The summed E-state index contributed by atoms with van der Waals surface area (Å²) in [5.41, 5.74) is 3.46. The average Bonchev–Trinajstić information content (AvgIpc) is 3.27. The second kappa shape index (κ2) is 7.59. The van der Waals surface area contributed by atoms with Crippen LogP contribution in [0.4, 0.5) is 0 Å². The molecule has 5 heteroatoms. The molecular formula is C21H22Cl2N2O. The van der Waals surface area contributed by atoms with E-state index in [0.29, 0.717) is 23.0 Å². The van der Waals surface area contributed by atoms with Gasteiger partial charge < -0.3 is 9.80 Å². The lowest BCUT2D eigenvalue weighted by molar-refractivity contribution is -0.133. The number of carbonyl (C=O) groups is 1. The maximum atomic E-state index is 13.1. The van der Waals surface area contributed by atoms with E-state index in [-0.39, 0.29) is 11.9 Å². The van der Waals surface area contributed by atoms with Crippen molar-refractivity contribution in [3.8, 4) is 0 Å². The Kier molecular flexibility index (Phi) is 5.21. The van der Waals surface area contributed by atoms with E-state index in [4.69, 9.17) is 23.2 Å². The van der Waals surface area contributed by atoms with Gasteiger partial charge in [0.05, 0.1) is 22.5 Å². The summed E-state index contributed by atoms with van der Waals surface area (Å²) in [6, 6.07) is 14.0. The summed E-state index contributed by atoms with van der Waals surface area (Å²) in [5, 5.41) is 1.01. The molecule has 2 heterocycles. The second-order valence-electron chi connectivity index (χ2n) is 7.17. The van der Waals surface area contributed by atoms with Gasteiger partial charge in [0.25, 0.3) is 0 Å². The van der Waals surface area contributed by atoms with Crippen molar-refractivity contribution in [3.63, 3.8) is 0 Å². The van der Waals surface area contributed by atoms with Gasteiger partial charge in [0, 0.05) is 13.1 Å². The van der Waals surface area contributed by atoms with E-state index < -0.39 is 0 Å². The quantitative estimate of drug-likeness (QED) is 0.756. The Bertz CT molecular complexity index is 817. The van der Waals surface area contributed by atoms with Crippen LogP contribution in [0.3, 0.4) is 0 Å². The number of amides is 1. The zero-order chi connectivity index (χ0) is 18.1. The topological polar surface area (TPSA) is 23.6 Å². The summed E-state index contributed by atoms with van der Waals surface area (Å²) in [7, 11) is 0. The van der Waals surface area contributed by atoms with Gasteiger partial charge in [0.2, 0.25) is 5.91 Å². The lowest BCUT2D eigenvalue weighted by Gasteiger charge is -2.29. The summed E-state index contributed by atoms with van der Waals surface area (Å²) in [5.74, 6) is 0.142. The minimum Gasteiger partial charge on any atom is -0.330 e. The van der Waals surface area contributed by atoms with E-state index in [0.717, 1.165) is 25.2 Å². The van der Waals surface area contributed by atoms with Crippen molar-refractivity contribution in [2.24, 2.45) is 0 Å². The van der Waals surface area contributed by atoms with Crippen LogP contribution in [0.25, 0.3) is 0 Å². The Morgan fingerprint density at radius 3 is 2.58 bits per heavy atom. The molecule has 0 aromatic heterocycles. The maximum absolute atomic E-state index is 13.1. The van der Waals surface area contributed by atoms with Crippen molar-refractivity contribution in [1.29, 1.82) is 0 Å². The van der Waals surface area contributed by atoms with E-state index in [1.165, 1.54) is 24.0 Å². The fourth-order valence-corrected chi connectivity index (χ4v) is 4.38. The van der Waals surface area contributed by atoms with Crippen molar-refractivity contribution in [3.05, 3.63) is 69.2 Å². The van der Waals surface area contributed by atoms with Crippen LogP contribution in [0, 0.1) is 0 Å². The van der Waals surface area contributed by atoms with Gasteiger partial charge in [-0.1, -0.05) is 53.5 Å². The van der Waals surface area contributed by atoms with Crippen molar-refractivity contribution in [1.82, 2.24) is 9.80 Å². The first-order valence-electron chi connectivity index (χ1n) is 9.15. The number of rotatable bonds is 4. The molecule has 26 heavy (non-hydrogen) atoms. The van der Waals surface area contributed by atoms with Crippen LogP contribution in [-0.2, 0) is 17.8 Å². The maximum Gasteiger partial charge on any atom is 0.227 e. The molecule has 1 unspecified atom stereocenters. The van der Waals surface area contributed by atoms with E-state index in [1.807, 2.05) is 11.0 Å². The van der Waals surface area contributed by atoms with E-state index in [1.54, 1.807) is 12.1 Å². The minimum absolute atomic E-state index is 0.138. The minimum atomic E-state index is 0.138. The van der Waals surface area contributed by atoms with Crippen LogP contribution in [-0.4, -0.2) is 35.3 Å².